The zero-order valence-corrected chi connectivity index (χ0v) is 19.4. The van der Waals surface area contributed by atoms with Gasteiger partial charge in [0, 0.05) is 35.5 Å². The second-order valence-corrected chi connectivity index (χ2v) is 9.49. The van der Waals surface area contributed by atoms with Gasteiger partial charge in [0.25, 0.3) is 0 Å². The van der Waals surface area contributed by atoms with Gasteiger partial charge >= 0.3 is 0 Å². The summed E-state index contributed by atoms with van der Waals surface area (Å²) in [6, 6.07) is 8.48. The summed E-state index contributed by atoms with van der Waals surface area (Å²) in [6.07, 6.45) is 2.50. The van der Waals surface area contributed by atoms with Crippen molar-refractivity contribution in [3.8, 4) is 0 Å². The first kappa shape index (κ1) is 21.1. The topological polar surface area (TPSA) is 44.1 Å². The Kier molecular flexibility index (Phi) is 6.03. The Labute approximate surface area is 183 Å². The van der Waals surface area contributed by atoms with Crippen molar-refractivity contribution in [2.45, 2.75) is 65.1 Å². The normalized spacial score (nSPS) is 16.5. The van der Waals surface area contributed by atoms with Crippen molar-refractivity contribution in [1.82, 2.24) is 9.55 Å². The van der Waals surface area contributed by atoms with Crippen LogP contribution in [0.15, 0.2) is 29.3 Å². The summed E-state index contributed by atoms with van der Waals surface area (Å²) >= 11 is 1.53. The highest BCUT2D eigenvalue weighted by molar-refractivity contribution is 7.99. The Morgan fingerprint density at radius 2 is 1.93 bits per heavy atom. The van der Waals surface area contributed by atoms with Gasteiger partial charge in [-0.15, -0.1) is 0 Å². The van der Waals surface area contributed by atoms with Crippen LogP contribution in [0.4, 0.5) is 0 Å². The fourth-order valence-corrected chi connectivity index (χ4v) is 5.31. The molecule has 1 aliphatic heterocycles. The number of aryl methyl sites for hydroxylation is 4. The van der Waals surface area contributed by atoms with Crippen LogP contribution in [0.5, 0.6) is 0 Å². The van der Waals surface area contributed by atoms with Crippen LogP contribution < -0.4 is 0 Å². The number of carbonyl (C=O) groups excluding carboxylic acids is 1. The van der Waals surface area contributed by atoms with E-state index in [-0.39, 0.29) is 11.9 Å². The summed E-state index contributed by atoms with van der Waals surface area (Å²) in [4.78, 5) is 17.9. The third-order valence-corrected chi connectivity index (χ3v) is 6.98. The number of aromatic nitrogens is 2. The number of Topliss-reactive ketones (excluding diaryl/α,β-unsaturated/α-hetero) is 1. The highest BCUT2D eigenvalue weighted by Gasteiger charge is 2.21. The molecule has 30 heavy (non-hydrogen) atoms. The molecule has 0 aliphatic carbocycles. The number of carbonyl (C=O) groups is 1. The van der Waals surface area contributed by atoms with Crippen LogP contribution in [-0.4, -0.2) is 33.8 Å². The zero-order valence-electron chi connectivity index (χ0n) is 18.5. The quantitative estimate of drug-likeness (QED) is 0.376. The van der Waals surface area contributed by atoms with Gasteiger partial charge in [0.1, 0.15) is 0 Å². The molecule has 1 aromatic carbocycles. The molecule has 1 fully saturated rings. The molecule has 2 aromatic heterocycles. The third kappa shape index (κ3) is 4.19. The Bertz CT molecular complexity index is 1110. The van der Waals surface area contributed by atoms with Crippen molar-refractivity contribution in [1.29, 1.82) is 0 Å². The highest BCUT2D eigenvalue weighted by atomic mass is 32.2. The number of benzene rings is 1. The predicted octanol–water partition coefficient (Wildman–Crippen LogP) is 5.73. The van der Waals surface area contributed by atoms with Crippen LogP contribution in [-0.2, 0) is 11.3 Å². The molecule has 0 radical (unpaired) electrons. The molecule has 4 rings (SSSR count). The molecule has 5 heteroatoms. The summed E-state index contributed by atoms with van der Waals surface area (Å²) < 4.78 is 8.02. The largest absolute Gasteiger partial charge is 0.376 e. The number of ketones is 1. The van der Waals surface area contributed by atoms with Crippen LogP contribution in [0.25, 0.3) is 10.9 Å². The van der Waals surface area contributed by atoms with Gasteiger partial charge in [-0.25, -0.2) is 4.98 Å². The van der Waals surface area contributed by atoms with Gasteiger partial charge in [-0.2, -0.15) is 0 Å². The first-order valence-corrected chi connectivity index (χ1v) is 11.6. The minimum Gasteiger partial charge on any atom is -0.376 e. The third-order valence-electron chi connectivity index (χ3n) is 6.07. The Morgan fingerprint density at radius 1 is 1.13 bits per heavy atom. The van der Waals surface area contributed by atoms with Gasteiger partial charge in [0.2, 0.25) is 0 Å². The van der Waals surface area contributed by atoms with E-state index in [2.05, 4.69) is 50.5 Å². The maximum absolute atomic E-state index is 13.0. The molecule has 0 N–H and O–H groups in total. The predicted molar refractivity (Wildman–Crippen MR) is 124 cm³/mol. The summed E-state index contributed by atoms with van der Waals surface area (Å²) in [6.45, 7) is 12.1. The SMILES string of the molecule is Cc1cc(C)c2nc(SCC(=O)c3cc(C)n(CC4CCCO4)c3C)cc(C)c2c1. The molecule has 4 nitrogen and oxygen atoms in total. The molecule has 3 heterocycles. The molecule has 0 spiro atoms. The lowest BCUT2D eigenvalue weighted by molar-refractivity contribution is 0.0957. The van der Waals surface area contributed by atoms with Crippen molar-refractivity contribution in [3.05, 3.63) is 57.9 Å². The average Bonchev–Trinajstić information content (AvgIpc) is 3.31. The van der Waals surface area contributed by atoms with Crippen molar-refractivity contribution in [2.24, 2.45) is 0 Å². The molecule has 1 saturated heterocycles. The number of pyridine rings is 1. The fourth-order valence-electron chi connectivity index (χ4n) is 4.46. The molecule has 0 saturated carbocycles. The van der Waals surface area contributed by atoms with Crippen LogP contribution in [0, 0.1) is 34.6 Å². The van der Waals surface area contributed by atoms with E-state index in [1.165, 1.54) is 33.8 Å². The first-order valence-electron chi connectivity index (χ1n) is 10.7. The van der Waals surface area contributed by atoms with Gasteiger partial charge in [-0.1, -0.05) is 23.4 Å². The summed E-state index contributed by atoms with van der Waals surface area (Å²) in [5.74, 6) is 0.555. The van der Waals surface area contributed by atoms with Crippen LogP contribution in [0.3, 0.4) is 0 Å². The number of fused-ring (bicyclic) bond motifs is 1. The van der Waals surface area contributed by atoms with Crippen molar-refractivity contribution >= 4 is 28.4 Å². The minimum absolute atomic E-state index is 0.159. The lowest BCUT2D eigenvalue weighted by Crippen LogP contribution is -2.17. The van der Waals surface area contributed by atoms with Crippen molar-refractivity contribution in [3.63, 3.8) is 0 Å². The van der Waals surface area contributed by atoms with Gasteiger partial charge < -0.3 is 9.30 Å². The van der Waals surface area contributed by atoms with E-state index >= 15 is 0 Å². The Morgan fingerprint density at radius 3 is 2.67 bits per heavy atom. The summed E-state index contributed by atoms with van der Waals surface area (Å²) in [5, 5.41) is 2.11. The van der Waals surface area contributed by atoms with E-state index < -0.39 is 0 Å². The maximum Gasteiger partial charge on any atom is 0.174 e. The van der Waals surface area contributed by atoms with Gasteiger partial charge in [0.05, 0.1) is 22.4 Å². The maximum atomic E-state index is 13.0. The number of ether oxygens (including phenoxy) is 1. The second kappa shape index (κ2) is 8.56. The van der Waals surface area contributed by atoms with Gasteiger partial charge in [0.15, 0.2) is 5.78 Å². The van der Waals surface area contributed by atoms with Crippen molar-refractivity contribution in [2.75, 3.05) is 12.4 Å². The number of nitrogens with zero attached hydrogens (tertiary/aromatic N) is 2. The molecular weight excluding hydrogens is 392 g/mol. The Balaban J connectivity index is 1.51. The molecule has 3 aromatic rings. The van der Waals surface area contributed by atoms with E-state index in [9.17, 15) is 4.79 Å². The van der Waals surface area contributed by atoms with Gasteiger partial charge in [-0.05, 0) is 76.8 Å². The summed E-state index contributed by atoms with van der Waals surface area (Å²) in [5.41, 5.74) is 7.66. The molecule has 0 bridgehead atoms. The molecular formula is C25H30N2O2S. The molecule has 0 amide bonds. The number of thioether (sulfide) groups is 1. The van der Waals surface area contributed by atoms with Gasteiger partial charge in [-0.3, -0.25) is 4.79 Å². The zero-order chi connectivity index (χ0) is 21.4. The van der Waals surface area contributed by atoms with E-state index in [4.69, 9.17) is 9.72 Å². The fraction of sp³-hybridized carbons (Fsp3) is 0.440. The highest BCUT2D eigenvalue weighted by Crippen LogP contribution is 2.28. The molecule has 158 valence electrons. The smallest absolute Gasteiger partial charge is 0.174 e. The Hall–Kier alpha value is -2.11. The number of hydrogen-bond acceptors (Lipinski definition) is 4. The lowest BCUT2D eigenvalue weighted by atomic mass is 10.0. The average molecular weight is 423 g/mol. The second-order valence-electron chi connectivity index (χ2n) is 8.50. The number of hydrogen-bond donors (Lipinski definition) is 0. The number of rotatable bonds is 6. The molecule has 1 aliphatic rings. The summed E-state index contributed by atoms with van der Waals surface area (Å²) in [7, 11) is 0. The van der Waals surface area contributed by atoms with Crippen LogP contribution in [0.2, 0.25) is 0 Å². The van der Waals surface area contributed by atoms with E-state index in [0.717, 1.165) is 53.5 Å². The lowest BCUT2D eigenvalue weighted by Gasteiger charge is -2.14. The monoisotopic (exact) mass is 422 g/mol. The van der Waals surface area contributed by atoms with Crippen LogP contribution in [0.1, 0.15) is 51.3 Å². The van der Waals surface area contributed by atoms with E-state index in [1.807, 2.05) is 13.0 Å². The standard InChI is InChI=1S/C25H30N2O2S/c1-15-9-17(3)25-21(10-15)16(2)11-24(26-25)30-14-23(28)22-12-18(4)27(19(22)5)13-20-7-6-8-29-20/h9-12,20H,6-8,13-14H2,1-5H3. The molecule has 1 unspecified atom stereocenters. The van der Waals surface area contributed by atoms with Crippen LogP contribution >= 0.6 is 11.8 Å². The first-order chi connectivity index (χ1) is 14.3. The minimum atomic E-state index is 0.159. The van der Waals surface area contributed by atoms with E-state index in [1.54, 1.807) is 0 Å². The van der Waals surface area contributed by atoms with Crippen molar-refractivity contribution < 1.29 is 9.53 Å². The van der Waals surface area contributed by atoms with E-state index in [0.29, 0.717) is 5.75 Å². The molecule has 1 atom stereocenters.